The highest BCUT2D eigenvalue weighted by molar-refractivity contribution is 9.10. The Hall–Kier alpha value is -3.84. The molecular formula is C29H25BrN2O4. The molecule has 0 unspecified atom stereocenters. The highest BCUT2D eigenvalue weighted by atomic mass is 79.9. The minimum atomic E-state index is -1.09. The van der Waals surface area contributed by atoms with E-state index < -0.39 is 12.1 Å². The summed E-state index contributed by atoms with van der Waals surface area (Å²) < 4.78 is 6.49. The van der Waals surface area contributed by atoms with Gasteiger partial charge in [0.1, 0.15) is 0 Å². The summed E-state index contributed by atoms with van der Waals surface area (Å²) in [5, 5.41) is 3.68. The maximum Gasteiger partial charge on any atom is 0.307 e. The van der Waals surface area contributed by atoms with Crippen LogP contribution in [0.5, 0.6) is 0 Å². The second kappa shape index (κ2) is 11.3. The number of benzene rings is 3. The molecule has 6 nitrogen and oxygen atoms in total. The van der Waals surface area contributed by atoms with Crippen molar-refractivity contribution in [3.05, 3.63) is 106 Å². The van der Waals surface area contributed by atoms with Crippen LogP contribution in [-0.2, 0) is 14.3 Å². The second-order valence-electron chi connectivity index (χ2n) is 8.49. The lowest BCUT2D eigenvalue weighted by molar-refractivity contribution is -0.148. The first-order valence-corrected chi connectivity index (χ1v) is 12.3. The number of fused-ring (bicyclic) bond motifs is 1. The number of aryl methyl sites for hydroxylation is 2. The molecule has 0 bridgehead atoms. The van der Waals surface area contributed by atoms with Gasteiger partial charge in [-0.3, -0.25) is 19.4 Å². The topological polar surface area (TPSA) is 85.4 Å². The van der Waals surface area contributed by atoms with Gasteiger partial charge in [-0.05, 0) is 49.2 Å². The minimum Gasteiger partial charge on any atom is -0.449 e. The summed E-state index contributed by atoms with van der Waals surface area (Å²) in [5.74, 6) is -1.29. The Morgan fingerprint density at radius 3 is 2.44 bits per heavy atom. The fourth-order valence-corrected chi connectivity index (χ4v) is 4.26. The van der Waals surface area contributed by atoms with E-state index in [0.717, 1.165) is 21.0 Å². The molecule has 182 valence electrons. The number of nitrogens with zero attached hydrogens (tertiary/aromatic N) is 1. The highest BCUT2D eigenvalue weighted by Crippen LogP contribution is 2.29. The molecular weight excluding hydrogens is 520 g/mol. The molecule has 36 heavy (non-hydrogen) atoms. The van der Waals surface area contributed by atoms with Crippen LogP contribution in [0.1, 0.15) is 46.0 Å². The van der Waals surface area contributed by atoms with Gasteiger partial charge in [0.15, 0.2) is 6.10 Å². The van der Waals surface area contributed by atoms with Crippen LogP contribution in [0.25, 0.3) is 10.9 Å². The number of rotatable bonds is 8. The quantitative estimate of drug-likeness (QED) is 0.202. The number of aromatic nitrogens is 1. The summed E-state index contributed by atoms with van der Waals surface area (Å²) in [7, 11) is 0. The average molecular weight is 545 g/mol. The van der Waals surface area contributed by atoms with E-state index in [2.05, 4.69) is 26.2 Å². The van der Waals surface area contributed by atoms with Gasteiger partial charge >= 0.3 is 5.97 Å². The summed E-state index contributed by atoms with van der Waals surface area (Å²) in [6.45, 7) is 3.90. The monoisotopic (exact) mass is 544 g/mol. The third kappa shape index (κ3) is 5.86. The number of nitrogens with one attached hydrogen (secondary N) is 1. The van der Waals surface area contributed by atoms with E-state index in [1.807, 2.05) is 44.2 Å². The number of pyridine rings is 1. The van der Waals surface area contributed by atoms with Crippen molar-refractivity contribution in [1.29, 1.82) is 0 Å². The number of amides is 1. The van der Waals surface area contributed by atoms with Crippen molar-refractivity contribution < 1.29 is 19.1 Å². The first-order valence-electron chi connectivity index (χ1n) is 11.5. The SMILES string of the molecule is Cc1ccc(C(=O)[C@H](OC(=O)CCC(=O)Nc2ccc(Br)c3cccnc23)c2ccccc2)cc1C. The fraction of sp³-hybridized carbons (Fsp3) is 0.172. The van der Waals surface area contributed by atoms with Crippen molar-refractivity contribution >= 4 is 50.2 Å². The van der Waals surface area contributed by atoms with Crippen LogP contribution in [0.3, 0.4) is 0 Å². The first kappa shape index (κ1) is 25.3. The molecule has 1 heterocycles. The number of carbonyl (C=O) groups is 3. The standard InChI is InChI=1S/C29H25BrN2O4/c1-18-10-11-21(17-19(18)2)28(35)29(20-7-4-3-5-8-20)36-26(34)15-14-25(33)32-24-13-12-23(30)22-9-6-16-31-27(22)24/h3-13,16-17,29H,14-15H2,1-2H3,(H,32,33)/t29-/m1/s1. The van der Waals surface area contributed by atoms with Crippen LogP contribution in [-0.4, -0.2) is 22.6 Å². The van der Waals surface area contributed by atoms with Crippen LogP contribution in [0.2, 0.25) is 0 Å². The zero-order valence-corrected chi connectivity index (χ0v) is 21.5. The number of hydrogen-bond donors (Lipinski definition) is 1. The van der Waals surface area contributed by atoms with Crippen LogP contribution in [0.15, 0.2) is 83.5 Å². The Morgan fingerprint density at radius 2 is 1.69 bits per heavy atom. The number of anilines is 1. The lowest BCUT2D eigenvalue weighted by Gasteiger charge is -2.18. The van der Waals surface area contributed by atoms with E-state index in [9.17, 15) is 14.4 Å². The molecule has 0 aliphatic carbocycles. The van der Waals surface area contributed by atoms with E-state index in [1.54, 1.807) is 48.7 Å². The van der Waals surface area contributed by atoms with Crippen LogP contribution in [0, 0.1) is 13.8 Å². The molecule has 0 fully saturated rings. The largest absolute Gasteiger partial charge is 0.449 e. The third-order valence-corrected chi connectivity index (χ3v) is 6.62. The number of Topliss-reactive ketones (excluding diaryl/α,β-unsaturated/α-hetero) is 1. The molecule has 1 aromatic heterocycles. The number of hydrogen-bond acceptors (Lipinski definition) is 5. The molecule has 0 saturated heterocycles. The summed E-state index contributed by atoms with van der Waals surface area (Å²) in [6, 6.07) is 21.6. The van der Waals surface area contributed by atoms with Gasteiger partial charge in [-0.15, -0.1) is 0 Å². The smallest absolute Gasteiger partial charge is 0.307 e. The molecule has 1 atom stereocenters. The lowest BCUT2D eigenvalue weighted by atomic mass is 9.97. The summed E-state index contributed by atoms with van der Waals surface area (Å²) in [5.41, 5.74) is 4.29. The number of esters is 1. The van der Waals surface area contributed by atoms with Crippen molar-refractivity contribution in [3.8, 4) is 0 Å². The average Bonchev–Trinajstić information content (AvgIpc) is 2.89. The van der Waals surface area contributed by atoms with Gasteiger partial charge in [-0.1, -0.05) is 64.5 Å². The molecule has 1 amide bonds. The third-order valence-electron chi connectivity index (χ3n) is 5.93. The molecule has 0 saturated carbocycles. The molecule has 3 aromatic carbocycles. The van der Waals surface area contributed by atoms with Gasteiger partial charge in [-0.25, -0.2) is 0 Å². The van der Waals surface area contributed by atoms with Gasteiger partial charge in [0.25, 0.3) is 0 Å². The van der Waals surface area contributed by atoms with Crippen molar-refractivity contribution in [1.82, 2.24) is 4.98 Å². The first-order chi connectivity index (χ1) is 17.3. The summed E-state index contributed by atoms with van der Waals surface area (Å²) >= 11 is 3.48. The molecule has 0 spiro atoms. The molecule has 0 aliphatic heterocycles. The molecule has 1 N–H and O–H groups in total. The Bertz CT molecular complexity index is 1440. The summed E-state index contributed by atoms with van der Waals surface area (Å²) in [4.78, 5) is 43.0. The molecule has 0 radical (unpaired) electrons. The fourth-order valence-electron chi connectivity index (χ4n) is 3.80. The summed E-state index contributed by atoms with van der Waals surface area (Å²) in [6.07, 6.45) is 0.293. The second-order valence-corrected chi connectivity index (χ2v) is 9.34. The van der Waals surface area contributed by atoms with Crippen LogP contribution in [0.4, 0.5) is 5.69 Å². The number of carbonyl (C=O) groups excluding carboxylic acids is 3. The Kier molecular flexibility index (Phi) is 7.90. The van der Waals surface area contributed by atoms with Crippen molar-refractivity contribution in [2.75, 3.05) is 5.32 Å². The normalized spacial score (nSPS) is 11.6. The van der Waals surface area contributed by atoms with E-state index in [-0.39, 0.29) is 24.5 Å². The van der Waals surface area contributed by atoms with Gasteiger partial charge in [-0.2, -0.15) is 0 Å². The molecule has 7 heteroatoms. The highest BCUT2D eigenvalue weighted by Gasteiger charge is 2.26. The number of ether oxygens (including phenoxy) is 1. The Labute approximate surface area is 217 Å². The van der Waals surface area contributed by atoms with Crippen molar-refractivity contribution in [2.45, 2.75) is 32.8 Å². The van der Waals surface area contributed by atoms with E-state index in [4.69, 9.17) is 4.74 Å². The van der Waals surface area contributed by atoms with Gasteiger partial charge in [0, 0.05) is 33.6 Å². The van der Waals surface area contributed by atoms with Crippen LogP contribution < -0.4 is 5.32 Å². The lowest BCUT2D eigenvalue weighted by Crippen LogP contribution is -2.21. The zero-order chi connectivity index (χ0) is 25.7. The predicted octanol–water partition coefficient (Wildman–Crippen LogP) is 6.50. The van der Waals surface area contributed by atoms with Gasteiger partial charge in [0.2, 0.25) is 11.7 Å². The zero-order valence-electron chi connectivity index (χ0n) is 20.0. The number of ketones is 1. The number of halogens is 1. The molecule has 4 rings (SSSR count). The molecule has 0 aliphatic rings. The minimum absolute atomic E-state index is 0.0947. The van der Waals surface area contributed by atoms with Crippen molar-refractivity contribution in [2.24, 2.45) is 0 Å². The maximum absolute atomic E-state index is 13.3. The van der Waals surface area contributed by atoms with E-state index >= 15 is 0 Å². The van der Waals surface area contributed by atoms with Crippen molar-refractivity contribution in [3.63, 3.8) is 0 Å². The predicted molar refractivity (Wildman–Crippen MR) is 143 cm³/mol. The van der Waals surface area contributed by atoms with Gasteiger partial charge in [0.05, 0.1) is 17.6 Å². The van der Waals surface area contributed by atoms with E-state index in [1.165, 1.54) is 0 Å². The van der Waals surface area contributed by atoms with E-state index in [0.29, 0.717) is 22.3 Å². The van der Waals surface area contributed by atoms with Gasteiger partial charge < -0.3 is 10.1 Å². The maximum atomic E-state index is 13.3. The Balaban J connectivity index is 1.44. The van der Waals surface area contributed by atoms with Crippen LogP contribution >= 0.6 is 15.9 Å². The Morgan fingerprint density at radius 1 is 0.917 bits per heavy atom. The molecule has 4 aromatic rings.